The molecule has 1 atom stereocenters. The summed E-state index contributed by atoms with van der Waals surface area (Å²) in [6, 6.07) is 7.07. The summed E-state index contributed by atoms with van der Waals surface area (Å²) in [7, 11) is 0. The van der Waals surface area contributed by atoms with Crippen molar-refractivity contribution in [3.8, 4) is 0 Å². The van der Waals surface area contributed by atoms with Crippen LogP contribution >= 0.6 is 0 Å². The second-order valence-electron chi connectivity index (χ2n) is 4.39. The van der Waals surface area contributed by atoms with E-state index in [1.807, 2.05) is 6.92 Å². The SMILES string of the molecule is CCCC(OC(=O)Cc1ccccc1N)C(=O)OCC. The van der Waals surface area contributed by atoms with Gasteiger partial charge in [-0.2, -0.15) is 0 Å². The van der Waals surface area contributed by atoms with E-state index >= 15 is 0 Å². The number of carbonyl (C=O) groups excluding carboxylic acids is 2. The van der Waals surface area contributed by atoms with E-state index < -0.39 is 18.0 Å². The maximum atomic E-state index is 11.9. The van der Waals surface area contributed by atoms with Crippen LogP contribution in [-0.2, 0) is 25.5 Å². The van der Waals surface area contributed by atoms with Gasteiger partial charge in [0.05, 0.1) is 13.0 Å². The molecule has 0 amide bonds. The van der Waals surface area contributed by atoms with Gasteiger partial charge in [-0.3, -0.25) is 4.79 Å². The molecule has 0 aliphatic rings. The van der Waals surface area contributed by atoms with Crippen molar-refractivity contribution in [3.63, 3.8) is 0 Å². The monoisotopic (exact) mass is 279 g/mol. The molecule has 1 aromatic carbocycles. The summed E-state index contributed by atoms with van der Waals surface area (Å²) in [5.41, 5.74) is 6.99. The Morgan fingerprint density at radius 2 is 1.95 bits per heavy atom. The zero-order valence-electron chi connectivity index (χ0n) is 11.9. The number of nitrogen functional groups attached to an aromatic ring is 1. The molecule has 20 heavy (non-hydrogen) atoms. The highest BCUT2D eigenvalue weighted by atomic mass is 16.6. The molecule has 2 N–H and O–H groups in total. The number of ether oxygens (including phenoxy) is 2. The minimum atomic E-state index is -0.836. The van der Waals surface area contributed by atoms with Gasteiger partial charge in [0.1, 0.15) is 0 Å². The van der Waals surface area contributed by atoms with Crippen LogP contribution in [0.15, 0.2) is 24.3 Å². The topological polar surface area (TPSA) is 78.6 Å². The van der Waals surface area contributed by atoms with Crippen molar-refractivity contribution in [2.75, 3.05) is 12.3 Å². The fourth-order valence-corrected chi connectivity index (χ4v) is 1.77. The molecule has 1 aromatic rings. The van der Waals surface area contributed by atoms with Gasteiger partial charge in [0.25, 0.3) is 0 Å². The number of hydrogen-bond acceptors (Lipinski definition) is 5. The molecule has 0 bridgehead atoms. The van der Waals surface area contributed by atoms with Gasteiger partial charge in [0, 0.05) is 5.69 Å². The molecular weight excluding hydrogens is 258 g/mol. The molecule has 1 unspecified atom stereocenters. The van der Waals surface area contributed by atoms with Gasteiger partial charge in [-0.1, -0.05) is 31.5 Å². The van der Waals surface area contributed by atoms with Crippen molar-refractivity contribution in [2.45, 2.75) is 39.2 Å². The first-order valence-electron chi connectivity index (χ1n) is 6.78. The van der Waals surface area contributed by atoms with Gasteiger partial charge in [-0.05, 0) is 25.0 Å². The quantitative estimate of drug-likeness (QED) is 0.610. The Labute approximate surface area is 119 Å². The van der Waals surface area contributed by atoms with Crippen molar-refractivity contribution < 1.29 is 19.1 Å². The third kappa shape index (κ3) is 4.91. The number of para-hydroxylation sites is 1. The minimum absolute atomic E-state index is 0.0479. The van der Waals surface area contributed by atoms with E-state index in [1.165, 1.54) is 0 Å². The Hall–Kier alpha value is -2.04. The zero-order valence-corrected chi connectivity index (χ0v) is 11.9. The van der Waals surface area contributed by atoms with Crippen molar-refractivity contribution in [1.29, 1.82) is 0 Å². The Bertz CT molecular complexity index is 459. The highest BCUT2D eigenvalue weighted by molar-refractivity contribution is 5.81. The van der Waals surface area contributed by atoms with E-state index in [-0.39, 0.29) is 13.0 Å². The predicted octanol–water partition coefficient (Wildman–Crippen LogP) is 2.09. The molecule has 0 fully saturated rings. The average molecular weight is 279 g/mol. The van der Waals surface area contributed by atoms with Crippen LogP contribution in [0.3, 0.4) is 0 Å². The average Bonchev–Trinajstić information content (AvgIpc) is 2.41. The zero-order chi connectivity index (χ0) is 15.0. The van der Waals surface area contributed by atoms with Crippen LogP contribution < -0.4 is 5.73 Å². The van der Waals surface area contributed by atoms with Crippen LogP contribution in [0.4, 0.5) is 5.69 Å². The van der Waals surface area contributed by atoms with E-state index in [9.17, 15) is 9.59 Å². The maximum Gasteiger partial charge on any atom is 0.347 e. The van der Waals surface area contributed by atoms with Crippen molar-refractivity contribution in [3.05, 3.63) is 29.8 Å². The second kappa shape index (κ2) is 8.19. The van der Waals surface area contributed by atoms with Gasteiger partial charge in [-0.15, -0.1) is 0 Å². The number of rotatable bonds is 7. The first-order valence-corrected chi connectivity index (χ1v) is 6.78. The Balaban J connectivity index is 2.62. The Morgan fingerprint density at radius 3 is 2.55 bits per heavy atom. The highest BCUT2D eigenvalue weighted by Gasteiger charge is 2.23. The summed E-state index contributed by atoms with van der Waals surface area (Å²) < 4.78 is 10.1. The number of carbonyl (C=O) groups is 2. The van der Waals surface area contributed by atoms with E-state index in [0.717, 1.165) is 6.42 Å². The fourth-order valence-electron chi connectivity index (χ4n) is 1.77. The van der Waals surface area contributed by atoms with Crippen molar-refractivity contribution in [1.82, 2.24) is 0 Å². The standard InChI is InChI=1S/C15H21NO4/c1-3-7-13(15(18)19-4-2)20-14(17)10-11-8-5-6-9-12(11)16/h5-6,8-9,13H,3-4,7,10,16H2,1-2H3. The first kappa shape index (κ1) is 16.0. The Morgan fingerprint density at radius 1 is 1.25 bits per heavy atom. The molecule has 0 aromatic heterocycles. The van der Waals surface area contributed by atoms with Gasteiger partial charge < -0.3 is 15.2 Å². The summed E-state index contributed by atoms with van der Waals surface area (Å²) in [6.07, 6.45) is 0.392. The number of nitrogens with two attached hydrogens (primary N) is 1. The summed E-state index contributed by atoms with van der Waals surface area (Å²) in [5.74, 6) is -0.974. The van der Waals surface area contributed by atoms with Gasteiger partial charge in [0.2, 0.25) is 0 Å². The predicted molar refractivity (Wildman–Crippen MR) is 76.0 cm³/mol. The minimum Gasteiger partial charge on any atom is -0.463 e. The van der Waals surface area contributed by atoms with Crippen LogP contribution in [0.2, 0.25) is 0 Å². The molecule has 0 aliphatic heterocycles. The van der Waals surface area contributed by atoms with Crippen LogP contribution in [0, 0.1) is 0 Å². The summed E-state index contributed by atoms with van der Waals surface area (Å²) >= 11 is 0. The second-order valence-corrected chi connectivity index (χ2v) is 4.39. The van der Waals surface area contributed by atoms with Gasteiger partial charge in [0.15, 0.2) is 6.10 Å². The summed E-state index contributed by atoms with van der Waals surface area (Å²) in [4.78, 5) is 23.5. The molecule has 1 rings (SSSR count). The Kier molecular flexibility index (Phi) is 6.56. The number of hydrogen-bond donors (Lipinski definition) is 1. The van der Waals surface area contributed by atoms with E-state index in [2.05, 4.69) is 0 Å². The lowest BCUT2D eigenvalue weighted by Gasteiger charge is -2.16. The number of esters is 2. The van der Waals surface area contributed by atoms with E-state index in [1.54, 1.807) is 31.2 Å². The van der Waals surface area contributed by atoms with Crippen molar-refractivity contribution >= 4 is 17.6 Å². The normalized spacial score (nSPS) is 11.7. The molecule has 0 saturated carbocycles. The van der Waals surface area contributed by atoms with Gasteiger partial charge in [-0.25, -0.2) is 4.79 Å². The van der Waals surface area contributed by atoms with E-state index in [0.29, 0.717) is 17.7 Å². The maximum absolute atomic E-state index is 11.9. The third-order valence-corrected chi connectivity index (χ3v) is 2.76. The highest BCUT2D eigenvalue weighted by Crippen LogP contribution is 2.13. The van der Waals surface area contributed by atoms with Crippen molar-refractivity contribution in [2.24, 2.45) is 0 Å². The molecule has 0 heterocycles. The molecule has 110 valence electrons. The summed E-state index contributed by atoms with van der Waals surface area (Å²) in [5, 5.41) is 0. The molecular formula is C15H21NO4. The van der Waals surface area contributed by atoms with Crippen LogP contribution in [0.25, 0.3) is 0 Å². The first-order chi connectivity index (χ1) is 9.58. The molecule has 0 saturated heterocycles. The number of benzene rings is 1. The van der Waals surface area contributed by atoms with Gasteiger partial charge >= 0.3 is 11.9 Å². The lowest BCUT2D eigenvalue weighted by Crippen LogP contribution is -2.29. The lowest BCUT2D eigenvalue weighted by atomic mass is 10.1. The fraction of sp³-hybridized carbons (Fsp3) is 0.467. The molecule has 0 aliphatic carbocycles. The van der Waals surface area contributed by atoms with Crippen LogP contribution in [0.5, 0.6) is 0 Å². The number of anilines is 1. The smallest absolute Gasteiger partial charge is 0.347 e. The van der Waals surface area contributed by atoms with Crippen LogP contribution in [-0.4, -0.2) is 24.6 Å². The third-order valence-electron chi connectivity index (χ3n) is 2.76. The molecule has 5 heteroatoms. The molecule has 0 radical (unpaired) electrons. The van der Waals surface area contributed by atoms with Crippen LogP contribution in [0.1, 0.15) is 32.3 Å². The summed E-state index contributed by atoms with van der Waals surface area (Å²) in [6.45, 7) is 3.89. The lowest BCUT2D eigenvalue weighted by molar-refractivity contribution is -0.167. The van der Waals surface area contributed by atoms with E-state index in [4.69, 9.17) is 15.2 Å². The molecule has 0 spiro atoms. The molecule has 5 nitrogen and oxygen atoms in total. The largest absolute Gasteiger partial charge is 0.463 e.